The lowest BCUT2D eigenvalue weighted by Gasteiger charge is -2.35. The molecule has 0 saturated carbocycles. The lowest BCUT2D eigenvalue weighted by Crippen LogP contribution is -2.53. The molecule has 1 aliphatic rings. The van der Waals surface area contributed by atoms with Crippen LogP contribution < -0.4 is 11.1 Å². The first-order valence-corrected chi connectivity index (χ1v) is 10.9. The van der Waals surface area contributed by atoms with Gasteiger partial charge in [-0.3, -0.25) is 9.89 Å². The van der Waals surface area contributed by atoms with Crippen LogP contribution in [0.4, 0.5) is 23.7 Å². The molecule has 1 fully saturated rings. The number of alkyl halides is 3. The van der Waals surface area contributed by atoms with Gasteiger partial charge in [0.15, 0.2) is 0 Å². The molecule has 192 valence electrons. The van der Waals surface area contributed by atoms with E-state index in [1.165, 1.54) is 0 Å². The Bertz CT molecular complexity index is 1240. The molecule has 5 N–H and O–H groups in total. The molecule has 1 unspecified atom stereocenters. The van der Waals surface area contributed by atoms with Crippen molar-refractivity contribution in [1.29, 1.82) is 0 Å². The van der Waals surface area contributed by atoms with Crippen LogP contribution in [-0.4, -0.2) is 75.4 Å². The van der Waals surface area contributed by atoms with Crippen LogP contribution in [0.2, 0.25) is 5.02 Å². The quantitative estimate of drug-likeness (QED) is 0.412. The Balaban J connectivity index is 0.000000454. The van der Waals surface area contributed by atoms with E-state index in [1.54, 1.807) is 40.3 Å². The first-order chi connectivity index (χ1) is 17.0. The molecule has 0 bridgehead atoms. The van der Waals surface area contributed by atoms with Gasteiger partial charge in [0.25, 0.3) is 0 Å². The van der Waals surface area contributed by atoms with E-state index in [9.17, 15) is 22.8 Å². The Labute approximate surface area is 207 Å². The van der Waals surface area contributed by atoms with E-state index in [0.29, 0.717) is 42.5 Å². The monoisotopic (exact) mass is 526 g/mol. The van der Waals surface area contributed by atoms with E-state index in [-0.39, 0.29) is 11.9 Å². The molecule has 10 nitrogen and oxygen atoms in total. The maximum absolute atomic E-state index is 12.7. The summed E-state index contributed by atoms with van der Waals surface area (Å²) < 4.78 is 31.7. The minimum Gasteiger partial charge on any atom is -0.475 e. The SMILES string of the molecule is NC(C(=O)N1CCN(C(=O)Nc2ccc3[nH]ncc3c2)CC1)c1cccc(Cl)c1.O=C(O)C(F)(F)F. The maximum Gasteiger partial charge on any atom is 0.490 e. The lowest BCUT2D eigenvalue weighted by molar-refractivity contribution is -0.192. The molecule has 0 radical (unpaired) electrons. The summed E-state index contributed by atoms with van der Waals surface area (Å²) in [5.74, 6) is -2.93. The van der Waals surface area contributed by atoms with Gasteiger partial charge in [0.2, 0.25) is 5.91 Å². The number of carbonyl (C=O) groups excluding carboxylic acids is 2. The number of H-pyrrole nitrogens is 1. The molecule has 4 rings (SSSR count). The fraction of sp³-hybridized carbons (Fsp3) is 0.273. The Hall–Kier alpha value is -3.84. The number of carbonyl (C=O) groups is 3. The zero-order valence-corrected chi connectivity index (χ0v) is 19.4. The highest BCUT2D eigenvalue weighted by Crippen LogP contribution is 2.20. The number of anilines is 1. The number of piperazine rings is 1. The number of aliphatic carboxylic acids is 1. The van der Waals surface area contributed by atoms with E-state index >= 15 is 0 Å². The van der Waals surface area contributed by atoms with E-state index in [2.05, 4.69) is 15.5 Å². The number of rotatable bonds is 3. The molecule has 1 aromatic heterocycles. The third-order valence-corrected chi connectivity index (χ3v) is 5.52. The van der Waals surface area contributed by atoms with Gasteiger partial charge >= 0.3 is 18.2 Å². The number of amides is 3. The zero-order chi connectivity index (χ0) is 26.5. The first-order valence-electron chi connectivity index (χ1n) is 10.5. The van der Waals surface area contributed by atoms with Crippen molar-refractivity contribution in [1.82, 2.24) is 20.0 Å². The van der Waals surface area contributed by atoms with Crippen LogP contribution in [0.25, 0.3) is 10.9 Å². The summed E-state index contributed by atoms with van der Waals surface area (Å²) >= 11 is 5.99. The minimum atomic E-state index is -5.08. The lowest BCUT2D eigenvalue weighted by atomic mass is 10.1. The number of hydrogen-bond donors (Lipinski definition) is 4. The molecule has 1 saturated heterocycles. The second-order valence-corrected chi connectivity index (χ2v) is 8.19. The van der Waals surface area contributed by atoms with Crippen molar-refractivity contribution in [2.75, 3.05) is 31.5 Å². The molecule has 2 heterocycles. The number of benzene rings is 2. The number of carboxylic acid groups (broad SMARTS) is 1. The van der Waals surface area contributed by atoms with Crippen molar-refractivity contribution in [3.8, 4) is 0 Å². The zero-order valence-electron chi connectivity index (χ0n) is 18.6. The minimum absolute atomic E-state index is 0.169. The first kappa shape index (κ1) is 26.8. The Morgan fingerprint density at radius 2 is 1.72 bits per heavy atom. The molecule has 1 atom stereocenters. The topological polar surface area (TPSA) is 145 Å². The van der Waals surface area contributed by atoms with Gasteiger partial charge in [-0.05, 0) is 35.9 Å². The summed E-state index contributed by atoms with van der Waals surface area (Å²) in [4.78, 5) is 37.5. The van der Waals surface area contributed by atoms with Crippen LogP contribution in [0.5, 0.6) is 0 Å². The van der Waals surface area contributed by atoms with Crippen LogP contribution in [0.3, 0.4) is 0 Å². The van der Waals surface area contributed by atoms with E-state index in [4.69, 9.17) is 27.2 Å². The van der Waals surface area contributed by atoms with Crippen molar-refractivity contribution in [3.63, 3.8) is 0 Å². The summed E-state index contributed by atoms with van der Waals surface area (Å²) in [6, 6.07) is 11.6. The normalized spacial score (nSPS) is 14.6. The molecule has 14 heteroatoms. The molecule has 36 heavy (non-hydrogen) atoms. The summed E-state index contributed by atoms with van der Waals surface area (Å²) in [5, 5.41) is 18.3. The van der Waals surface area contributed by atoms with Crippen molar-refractivity contribution in [2.45, 2.75) is 12.2 Å². The average molecular weight is 527 g/mol. The standard InChI is InChI=1S/C20H21ClN6O2.C2HF3O2/c21-15-3-1-2-13(10-15)18(22)19(28)26-6-8-27(9-7-26)20(29)24-16-4-5-17-14(11-16)12-23-25-17;3-2(4,5)1(6)7/h1-5,10-12,18H,6-9,22H2,(H,23,25)(H,24,29);(H,6,7). The predicted octanol–water partition coefficient (Wildman–Crippen LogP) is 3.23. The summed E-state index contributed by atoms with van der Waals surface area (Å²) in [6.45, 7) is 1.74. The number of carboxylic acids is 1. The number of urea groups is 1. The number of aromatic nitrogens is 2. The van der Waals surface area contributed by atoms with Gasteiger partial charge in [0.05, 0.1) is 11.7 Å². The van der Waals surface area contributed by atoms with Crippen LogP contribution in [0.15, 0.2) is 48.7 Å². The highest BCUT2D eigenvalue weighted by Gasteiger charge is 2.38. The summed E-state index contributed by atoms with van der Waals surface area (Å²) in [5.41, 5.74) is 8.41. The van der Waals surface area contributed by atoms with E-state index < -0.39 is 18.2 Å². The molecule has 2 aromatic carbocycles. The van der Waals surface area contributed by atoms with Gasteiger partial charge in [0.1, 0.15) is 6.04 Å². The summed E-state index contributed by atoms with van der Waals surface area (Å²) in [7, 11) is 0. The van der Waals surface area contributed by atoms with Crippen molar-refractivity contribution < 1.29 is 32.7 Å². The predicted molar refractivity (Wildman–Crippen MR) is 125 cm³/mol. The van der Waals surface area contributed by atoms with Crippen molar-refractivity contribution in [2.24, 2.45) is 5.73 Å². The van der Waals surface area contributed by atoms with E-state index in [0.717, 1.165) is 10.9 Å². The fourth-order valence-electron chi connectivity index (χ4n) is 3.39. The number of nitrogens with zero attached hydrogens (tertiary/aromatic N) is 3. The number of fused-ring (bicyclic) bond motifs is 1. The third kappa shape index (κ3) is 6.86. The number of halogens is 4. The molecule has 0 spiro atoms. The molecular weight excluding hydrogens is 505 g/mol. The van der Waals surface area contributed by atoms with Gasteiger partial charge < -0.3 is 26.0 Å². The molecule has 1 aliphatic heterocycles. The second kappa shape index (κ2) is 11.3. The molecule has 0 aliphatic carbocycles. The Morgan fingerprint density at radius 1 is 1.08 bits per heavy atom. The molecule has 3 aromatic rings. The van der Waals surface area contributed by atoms with E-state index in [1.807, 2.05) is 18.2 Å². The largest absolute Gasteiger partial charge is 0.490 e. The maximum atomic E-state index is 12.7. The van der Waals surface area contributed by atoms with Gasteiger partial charge in [-0.15, -0.1) is 0 Å². The van der Waals surface area contributed by atoms with Crippen molar-refractivity contribution >= 4 is 46.1 Å². The van der Waals surface area contributed by atoms with Gasteiger partial charge in [-0.25, -0.2) is 9.59 Å². The molecular formula is C22H22ClF3N6O4. The number of nitrogens with two attached hydrogens (primary N) is 1. The highest BCUT2D eigenvalue weighted by atomic mass is 35.5. The molecule has 3 amide bonds. The third-order valence-electron chi connectivity index (χ3n) is 5.29. The van der Waals surface area contributed by atoms with Crippen molar-refractivity contribution in [3.05, 3.63) is 59.2 Å². The fourth-order valence-corrected chi connectivity index (χ4v) is 3.59. The van der Waals surface area contributed by atoms with Crippen LogP contribution in [0.1, 0.15) is 11.6 Å². The Kier molecular flexibility index (Phi) is 8.37. The average Bonchev–Trinajstić information content (AvgIpc) is 3.31. The number of aromatic amines is 1. The smallest absolute Gasteiger partial charge is 0.475 e. The van der Waals surface area contributed by atoms with Gasteiger partial charge in [0, 0.05) is 42.3 Å². The highest BCUT2D eigenvalue weighted by molar-refractivity contribution is 6.30. The van der Waals surface area contributed by atoms with Gasteiger partial charge in [-0.2, -0.15) is 18.3 Å². The number of nitrogens with one attached hydrogen (secondary N) is 2. The second-order valence-electron chi connectivity index (χ2n) is 7.75. The van der Waals surface area contributed by atoms with Crippen LogP contribution in [-0.2, 0) is 9.59 Å². The van der Waals surface area contributed by atoms with Crippen LogP contribution in [0, 0.1) is 0 Å². The van der Waals surface area contributed by atoms with Gasteiger partial charge in [-0.1, -0.05) is 23.7 Å². The summed E-state index contributed by atoms with van der Waals surface area (Å²) in [6.07, 6.45) is -3.38. The van der Waals surface area contributed by atoms with Crippen LogP contribution >= 0.6 is 11.6 Å². The number of hydrogen-bond acceptors (Lipinski definition) is 5. The Morgan fingerprint density at radius 3 is 2.33 bits per heavy atom.